The molecule has 2 aromatic rings. The maximum absolute atomic E-state index is 14.2. The van der Waals surface area contributed by atoms with E-state index in [0.29, 0.717) is 31.8 Å². The van der Waals surface area contributed by atoms with Crippen LogP contribution in [0.2, 0.25) is 0 Å². The summed E-state index contributed by atoms with van der Waals surface area (Å²) in [6.45, 7) is 11.2. The number of halogens is 1. The summed E-state index contributed by atoms with van der Waals surface area (Å²) in [4.78, 5) is 18.8. The third-order valence-electron chi connectivity index (χ3n) is 5.63. The molecule has 2 heterocycles. The number of hydrogen-bond donors (Lipinski definition) is 0. The van der Waals surface area contributed by atoms with Crippen molar-refractivity contribution in [2.75, 3.05) is 13.2 Å². The van der Waals surface area contributed by atoms with Gasteiger partial charge in [-0.2, -0.15) is 0 Å². The number of aromatic nitrogens is 2. The van der Waals surface area contributed by atoms with Crippen LogP contribution in [-0.2, 0) is 38.2 Å². The average molecular weight is 492 g/mol. The maximum atomic E-state index is 14.2. The topological polar surface area (TPSA) is 81.5 Å². The first-order chi connectivity index (χ1) is 16.0. The van der Waals surface area contributed by atoms with Crippen LogP contribution in [0, 0.1) is 11.2 Å². The normalized spacial score (nSPS) is 16.5. The van der Waals surface area contributed by atoms with Crippen LogP contribution < -0.4 is 0 Å². The SMILES string of the molecule is C=CCN(Cc1cnc(S(=O)(=O)Cc2ccccc2F)n1C[C@H]1CCCO1)C(=O)CC(C)(C)C. The highest BCUT2D eigenvalue weighted by Crippen LogP contribution is 2.25. The third-order valence-corrected chi connectivity index (χ3v) is 7.20. The molecule has 9 heteroatoms. The molecule has 0 aliphatic carbocycles. The van der Waals surface area contributed by atoms with Crippen molar-refractivity contribution in [3.8, 4) is 0 Å². The molecule has 1 aromatic heterocycles. The number of nitrogens with zero attached hydrogens (tertiary/aromatic N) is 3. The summed E-state index contributed by atoms with van der Waals surface area (Å²) in [6, 6.07) is 5.82. The van der Waals surface area contributed by atoms with E-state index in [1.54, 1.807) is 21.6 Å². The second-order valence-corrected chi connectivity index (χ2v) is 11.8. The number of rotatable bonds is 10. The van der Waals surface area contributed by atoms with E-state index in [0.717, 1.165) is 12.8 Å². The van der Waals surface area contributed by atoms with Gasteiger partial charge in [0.2, 0.25) is 20.9 Å². The first-order valence-corrected chi connectivity index (χ1v) is 13.2. The number of hydrogen-bond acceptors (Lipinski definition) is 5. The van der Waals surface area contributed by atoms with Crippen molar-refractivity contribution < 1.29 is 22.3 Å². The maximum Gasteiger partial charge on any atom is 0.228 e. The van der Waals surface area contributed by atoms with E-state index in [9.17, 15) is 17.6 Å². The molecule has 3 rings (SSSR count). The predicted octanol–water partition coefficient (Wildman–Crippen LogP) is 4.13. The Bertz CT molecular complexity index is 1120. The molecule has 7 nitrogen and oxygen atoms in total. The van der Waals surface area contributed by atoms with Gasteiger partial charge in [0.25, 0.3) is 0 Å². The second kappa shape index (κ2) is 10.8. The van der Waals surface area contributed by atoms with E-state index >= 15 is 0 Å². The van der Waals surface area contributed by atoms with Crippen LogP contribution in [0.15, 0.2) is 48.3 Å². The number of sulfone groups is 1. The second-order valence-electron chi connectivity index (χ2n) is 9.93. The highest BCUT2D eigenvalue weighted by Gasteiger charge is 2.29. The molecule has 1 fully saturated rings. The molecule has 1 amide bonds. The van der Waals surface area contributed by atoms with Crippen molar-refractivity contribution in [2.24, 2.45) is 5.41 Å². The molecule has 1 aliphatic heterocycles. The summed E-state index contributed by atoms with van der Waals surface area (Å²) in [5.74, 6) is -1.12. The lowest BCUT2D eigenvalue weighted by molar-refractivity contribution is -0.133. The molecule has 1 atom stereocenters. The van der Waals surface area contributed by atoms with Crippen molar-refractivity contribution in [3.63, 3.8) is 0 Å². The Morgan fingerprint density at radius 3 is 2.71 bits per heavy atom. The summed E-state index contributed by atoms with van der Waals surface area (Å²) >= 11 is 0. The molecule has 0 N–H and O–H groups in total. The molecule has 34 heavy (non-hydrogen) atoms. The fraction of sp³-hybridized carbons (Fsp3) is 0.520. The summed E-state index contributed by atoms with van der Waals surface area (Å²) < 4.78 is 48.2. The molecule has 1 aliphatic rings. The summed E-state index contributed by atoms with van der Waals surface area (Å²) in [5, 5.41) is -0.136. The lowest BCUT2D eigenvalue weighted by Crippen LogP contribution is -2.34. The summed E-state index contributed by atoms with van der Waals surface area (Å²) in [6.07, 6.45) is 5.05. The van der Waals surface area contributed by atoms with Crippen LogP contribution >= 0.6 is 0 Å². The van der Waals surface area contributed by atoms with Crippen molar-refractivity contribution in [1.29, 1.82) is 0 Å². The van der Waals surface area contributed by atoms with E-state index in [1.165, 1.54) is 24.4 Å². The van der Waals surface area contributed by atoms with Crippen LogP contribution in [0.5, 0.6) is 0 Å². The van der Waals surface area contributed by atoms with E-state index in [4.69, 9.17) is 4.74 Å². The minimum atomic E-state index is -3.95. The lowest BCUT2D eigenvalue weighted by Gasteiger charge is -2.26. The Morgan fingerprint density at radius 1 is 1.35 bits per heavy atom. The zero-order valence-corrected chi connectivity index (χ0v) is 21.0. The quantitative estimate of drug-likeness (QED) is 0.467. The predicted molar refractivity (Wildman–Crippen MR) is 128 cm³/mol. The minimum Gasteiger partial charge on any atom is -0.376 e. The van der Waals surface area contributed by atoms with Gasteiger partial charge in [0.15, 0.2) is 0 Å². The Kier molecular flexibility index (Phi) is 8.30. The molecule has 0 radical (unpaired) electrons. The summed E-state index contributed by atoms with van der Waals surface area (Å²) in [7, 11) is -3.95. The van der Waals surface area contributed by atoms with Gasteiger partial charge in [-0.15, -0.1) is 6.58 Å². The first kappa shape index (κ1) is 26.1. The molecule has 186 valence electrons. The fourth-order valence-electron chi connectivity index (χ4n) is 4.01. The number of benzene rings is 1. The zero-order valence-electron chi connectivity index (χ0n) is 20.2. The van der Waals surface area contributed by atoms with Gasteiger partial charge in [-0.1, -0.05) is 45.0 Å². The van der Waals surface area contributed by atoms with Crippen molar-refractivity contribution in [2.45, 2.75) is 70.1 Å². The number of carbonyl (C=O) groups is 1. The highest BCUT2D eigenvalue weighted by atomic mass is 32.2. The van der Waals surface area contributed by atoms with E-state index in [1.807, 2.05) is 20.8 Å². The van der Waals surface area contributed by atoms with Gasteiger partial charge in [-0.25, -0.2) is 17.8 Å². The monoisotopic (exact) mass is 491 g/mol. The van der Waals surface area contributed by atoms with Gasteiger partial charge < -0.3 is 14.2 Å². The van der Waals surface area contributed by atoms with Crippen LogP contribution in [0.1, 0.15) is 51.3 Å². The Labute approximate surface area is 201 Å². The molecule has 0 spiro atoms. The van der Waals surface area contributed by atoms with Crippen molar-refractivity contribution in [1.82, 2.24) is 14.5 Å². The summed E-state index contributed by atoms with van der Waals surface area (Å²) in [5.41, 5.74) is 0.485. The van der Waals surface area contributed by atoms with Gasteiger partial charge in [0.05, 0.1) is 36.8 Å². The van der Waals surface area contributed by atoms with Gasteiger partial charge in [-0.3, -0.25) is 4.79 Å². The molecule has 0 saturated carbocycles. The van der Waals surface area contributed by atoms with E-state index in [2.05, 4.69) is 11.6 Å². The lowest BCUT2D eigenvalue weighted by atomic mass is 9.91. The Balaban J connectivity index is 1.95. The molecule has 0 bridgehead atoms. The first-order valence-electron chi connectivity index (χ1n) is 11.5. The number of amides is 1. The molecule has 0 unspecified atom stereocenters. The largest absolute Gasteiger partial charge is 0.376 e. The van der Waals surface area contributed by atoms with Crippen molar-refractivity contribution >= 4 is 15.7 Å². The fourth-order valence-corrected chi connectivity index (χ4v) is 5.52. The Hall–Kier alpha value is -2.52. The van der Waals surface area contributed by atoms with E-state index < -0.39 is 21.4 Å². The number of imidazole rings is 1. The van der Waals surface area contributed by atoms with Gasteiger partial charge in [0, 0.05) is 25.1 Å². The van der Waals surface area contributed by atoms with Gasteiger partial charge in [-0.05, 0) is 24.3 Å². The number of carbonyl (C=O) groups excluding carboxylic acids is 1. The number of ether oxygens (including phenoxy) is 1. The average Bonchev–Trinajstić information content (AvgIpc) is 3.39. The smallest absolute Gasteiger partial charge is 0.228 e. The standard InChI is InChI=1S/C25H34FN3O4S/c1-5-12-28(23(30)14-25(2,3)4)16-20-15-27-24(29(20)17-21-10-8-13-33-21)34(31,32)18-19-9-6-7-11-22(19)26/h5-7,9,11,15,21H,1,8,10,12-14,16-18H2,2-4H3/t21-/m1/s1. The molecule has 1 saturated heterocycles. The van der Waals surface area contributed by atoms with Crippen LogP contribution in [-0.4, -0.2) is 48.0 Å². The molecular weight excluding hydrogens is 457 g/mol. The zero-order chi connectivity index (χ0) is 24.9. The van der Waals surface area contributed by atoms with E-state index in [-0.39, 0.29) is 34.7 Å². The minimum absolute atomic E-state index is 0.0481. The molecular formula is C25H34FN3O4S. The van der Waals surface area contributed by atoms with Gasteiger partial charge in [0.1, 0.15) is 5.82 Å². The van der Waals surface area contributed by atoms with Crippen molar-refractivity contribution in [3.05, 3.63) is 60.2 Å². The van der Waals surface area contributed by atoms with Gasteiger partial charge >= 0.3 is 0 Å². The third kappa shape index (κ3) is 6.76. The Morgan fingerprint density at radius 2 is 2.09 bits per heavy atom. The van der Waals surface area contributed by atoms with Crippen LogP contribution in [0.4, 0.5) is 4.39 Å². The highest BCUT2D eigenvalue weighted by molar-refractivity contribution is 7.90. The van der Waals surface area contributed by atoms with Crippen LogP contribution in [0.25, 0.3) is 0 Å². The molecule has 1 aromatic carbocycles. The van der Waals surface area contributed by atoms with Crippen LogP contribution in [0.3, 0.4) is 0 Å².